The molecule has 11 rings (SSSR count). The first-order valence-electron chi connectivity index (χ1n) is 28.2. The maximum atomic E-state index is 14.8. The van der Waals surface area contributed by atoms with Crippen molar-refractivity contribution in [1.29, 1.82) is 0 Å². The average molecular weight is 1570 g/mol. The number of hydrogen-bond acceptors (Lipinski definition) is 13. The van der Waals surface area contributed by atoms with E-state index in [-0.39, 0.29) is 43.4 Å². The van der Waals surface area contributed by atoms with Crippen molar-refractivity contribution in [3.63, 3.8) is 0 Å². The number of carboxylic acids is 2. The topological polar surface area (TPSA) is 275 Å². The lowest BCUT2D eigenvalue weighted by Gasteiger charge is -2.14. The lowest BCUT2D eigenvalue weighted by Crippen LogP contribution is -2.33. The highest BCUT2D eigenvalue weighted by molar-refractivity contribution is 7.91. The van der Waals surface area contributed by atoms with Gasteiger partial charge in [-0.05, 0) is 208 Å². The van der Waals surface area contributed by atoms with Gasteiger partial charge in [-0.2, -0.15) is 4.39 Å². The summed E-state index contributed by atoms with van der Waals surface area (Å²) in [6.07, 6.45) is 6.61. The lowest BCUT2D eigenvalue weighted by atomic mass is 9.99. The van der Waals surface area contributed by atoms with Crippen molar-refractivity contribution in [2.75, 3.05) is 0 Å². The quantitative estimate of drug-likeness (QED) is 0.0530. The Kier molecular flexibility index (Phi) is 26.2. The number of carbonyl (C=O) groups is 3. The number of nitrogens with one attached hydrogen (secondary N) is 1. The van der Waals surface area contributed by atoms with Crippen molar-refractivity contribution >= 4 is 142 Å². The minimum Gasteiger partial charge on any atom is -0.506 e. The van der Waals surface area contributed by atoms with Gasteiger partial charge >= 0.3 is 11.9 Å². The number of nitrogens with two attached hydrogens (primary N) is 1. The van der Waals surface area contributed by atoms with Gasteiger partial charge in [0.2, 0.25) is 37.8 Å². The number of aromatic hydroxyl groups is 1. The number of ether oxygens (including phenoxy) is 2. The van der Waals surface area contributed by atoms with Gasteiger partial charge in [0.05, 0.1) is 47.3 Å². The molecule has 32 heteroatoms. The van der Waals surface area contributed by atoms with Crippen molar-refractivity contribution in [3.05, 3.63) is 228 Å². The predicted octanol–water partition coefficient (Wildman–Crippen LogP) is 19.6. The summed E-state index contributed by atoms with van der Waals surface area (Å²) in [5.74, 6) is -6.02. The zero-order valence-electron chi connectivity index (χ0n) is 51.5. The second kappa shape index (κ2) is 32.8. The lowest BCUT2D eigenvalue weighted by molar-refractivity contribution is 0.0680. The standard InChI is InChI=1S/C23H18Cl3FN2O4S.C20H13Cl3FNO3.C13H8ClF2NO2.C7H6Cl2O.C3H7NO2S/c1-11-6-17(22(30)29-34(31,32)15-3-4-15)20(27)9-16(11)13-7-19(26)23(28-10-13)33-21-12(2)5-14(24)8-18(21)25;1-9-4-14(20(26)27)17(24)7-13(9)11-5-16(23)19(25-8-11)28-18-10(2)3-12(21)6-15(18)22;1-6-2-9(13(18)19)11(15)4-8(6)7-3-10(14)12(16)17-5-7;1-4-2-5(8)3-6(9)7(4)10;4-7(5,6)3-1-2-3/h5-10,15H,3-4H2,1-2H3,(H,29,30);3-8H,1-2H3,(H,26,27);2-5H,1H3,(H,18,19);2-3,10H,1H3;3H,1-2H2,(H2,4,5,6). The van der Waals surface area contributed by atoms with E-state index in [2.05, 4.69) is 15.0 Å². The molecule has 0 radical (unpaired) electrons. The summed E-state index contributed by atoms with van der Waals surface area (Å²) in [7, 11) is -6.93. The number of phenols is 1. The van der Waals surface area contributed by atoms with Crippen LogP contribution >= 0.6 is 104 Å². The largest absolute Gasteiger partial charge is 0.506 e. The normalized spacial score (nSPS) is 12.4. The molecule has 0 unspecified atom stereocenters. The molecular formula is C66H52Cl9F4N5O12S2. The molecule has 98 heavy (non-hydrogen) atoms. The molecule has 0 aliphatic heterocycles. The van der Waals surface area contributed by atoms with Crippen LogP contribution in [0.2, 0.25) is 45.2 Å². The van der Waals surface area contributed by atoms with Gasteiger partial charge in [0.25, 0.3) is 5.91 Å². The van der Waals surface area contributed by atoms with E-state index < -0.39 is 77.7 Å². The molecule has 1 amide bonds. The van der Waals surface area contributed by atoms with E-state index in [9.17, 15) is 48.8 Å². The molecule has 6 aromatic carbocycles. The Hall–Kier alpha value is -7.23. The fourth-order valence-electron chi connectivity index (χ4n) is 8.91. The van der Waals surface area contributed by atoms with Gasteiger partial charge in [0.15, 0.2) is 11.5 Å². The molecule has 0 spiro atoms. The molecule has 2 saturated carbocycles. The highest BCUT2D eigenvalue weighted by atomic mass is 35.5. The number of carboxylic acid groups (broad SMARTS) is 2. The summed E-state index contributed by atoms with van der Waals surface area (Å²) in [6, 6.07) is 21.2. The van der Waals surface area contributed by atoms with E-state index in [1.54, 1.807) is 77.9 Å². The molecule has 0 bridgehead atoms. The van der Waals surface area contributed by atoms with Crippen molar-refractivity contribution in [2.24, 2.45) is 5.14 Å². The van der Waals surface area contributed by atoms with E-state index >= 15 is 0 Å². The Morgan fingerprint density at radius 1 is 0.459 bits per heavy atom. The van der Waals surface area contributed by atoms with Crippen LogP contribution in [-0.2, 0) is 20.0 Å². The molecule has 2 fully saturated rings. The molecule has 0 atom stereocenters. The summed E-state index contributed by atoms with van der Waals surface area (Å²) in [5, 5.41) is 33.4. The molecule has 9 aromatic rings. The van der Waals surface area contributed by atoms with Crippen molar-refractivity contribution in [2.45, 2.75) is 77.7 Å². The van der Waals surface area contributed by atoms with E-state index in [0.717, 1.165) is 31.0 Å². The Morgan fingerprint density at radius 2 is 0.806 bits per heavy atom. The zero-order chi connectivity index (χ0) is 72.7. The molecule has 3 aromatic heterocycles. The summed E-state index contributed by atoms with van der Waals surface area (Å²) in [5.41, 5.74) is 5.28. The molecule has 0 saturated heterocycles. The maximum absolute atomic E-state index is 14.8. The summed E-state index contributed by atoms with van der Waals surface area (Å²) in [4.78, 5) is 46.1. The SMILES string of the molecule is Cc1cc(C(=O)NS(=O)(=O)C2CC2)c(F)cc1-c1cnc(Oc2c(C)cc(Cl)cc2Cl)c(Cl)c1.Cc1cc(C(=O)O)c(F)cc1-c1cnc(F)c(Cl)c1.Cc1cc(C(=O)O)c(F)cc1-c1cnc(Oc2c(C)cc(Cl)cc2Cl)c(Cl)c1.Cc1cc(Cl)cc(Cl)c1O.NS(=O)(=O)C1CC1. The number of aromatic nitrogens is 3. The van der Waals surface area contributed by atoms with Gasteiger partial charge in [-0.25, -0.2) is 64.4 Å². The van der Waals surface area contributed by atoms with Gasteiger partial charge in [-0.1, -0.05) is 104 Å². The van der Waals surface area contributed by atoms with E-state index in [4.69, 9.17) is 134 Å². The number of aryl methyl sites for hydroxylation is 6. The maximum Gasteiger partial charge on any atom is 0.338 e. The van der Waals surface area contributed by atoms with Crippen LogP contribution in [0.4, 0.5) is 17.6 Å². The van der Waals surface area contributed by atoms with Crippen molar-refractivity contribution in [1.82, 2.24) is 19.7 Å². The van der Waals surface area contributed by atoms with Crippen LogP contribution in [0.5, 0.6) is 29.0 Å². The Morgan fingerprint density at radius 3 is 1.13 bits per heavy atom. The first kappa shape index (κ1) is 78.1. The fraction of sp³-hybridized carbons (Fsp3) is 0.182. The van der Waals surface area contributed by atoms with Crippen molar-refractivity contribution < 1.29 is 73.6 Å². The number of phenolic OH excluding ortho intramolecular Hbond substituents is 1. The van der Waals surface area contributed by atoms with Crippen LogP contribution < -0.4 is 19.3 Å². The highest BCUT2D eigenvalue weighted by Crippen LogP contribution is 2.41. The monoisotopic (exact) mass is 1560 g/mol. The van der Waals surface area contributed by atoms with Gasteiger partial charge in [-0.15, -0.1) is 0 Å². The number of aromatic carboxylic acids is 2. The number of sulfonamides is 2. The zero-order valence-corrected chi connectivity index (χ0v) is 60.0. The number of pyridine rings is 3. The van der Waals surface area contributed by atoms with E-state index in [0.29, 0.717) is 121 Å². The van der Waals surface area contributed by atoms with Crippen LogP contribution in [0.15, 0.2) is 110 Å². The average Bonchev–Trinajstić information content (AvgIpc) is 1.71. The Bertz CT molecular complexity index is 4810. The molecule has 3 heterocycles. The number of halogens is 13. The molecule has 2 aliphatic carbocycles. The third-order valence-corrected chi connectivity index (χ3v) is 19.7. The second-order valence-electron chi connectivity index (χ2n) is 21.9. The van der Waals surface area contributed by atoms with Crippen LogP contribution in [0.25, 0.3) is 33.4 Å². The van der Waals surface area contributed by atoms with E-state index in [1.807, 2.05) is 4.72 Å². The minimum absolute atomic E-state index is 0.0946. The minimum atomic E-state index is -3.80. The molecular weight excluding hydrogens is 1510 g/mol. The van der Waals surface area contributed by atoms with Crippen LogP contribution in [0.1, 0.15) is 90.1 Å². The first-order valence-corrected chi connectivity index (χ1v) is 34.8. The Balaban J connectivity index is 0.000000189. The van der Waals surface area contributed by atoms with Crippen LogP contribution in [0.3, 0.4) is 0 Å². The number of rotatable bonds is 13. The van der Waals surface area contributed by atoms with Gasteiger partial charge in [-0.3, -0.25) is 4.79 Å². The summed E-state index contributed by atoms with van der Waals surface area (Å²) >= 11 is 53.8. The molecule has 6 N–H and O–H groups in total. The molecule has 2 aliphatic rings. The fourth-order valence-corrected chi connectivity index (χ4v) is 13.4. The van der Waals surface area contributed by atoms with Crippen molar-refractivity contribution in [3.8, 4) is 62.4 Å². The predicted molar refractivity (Wildman–Crippen MR) is 373 cm³/mol. The number of primary sulfonamides is 1. The summed E-state index contributed by atoms with van der Waals surface area (Å²) in [6.45, 7) is 10.3. The second-order valence-corrected chi connectivity index (χ2v) is 29.4. The van der Waals surface area contributed by atoms with Gasteiger partial charge < -0.3 is 24.8 Å². The number of nitrogens with zero attached hydrogens (tertiary/aromatic N) is 3. The highest BCUT2D eigenvalue weighted by Gasteiger charge is 2.37. The Labute approximate surface area is 604 Å². The van der Waals surface area contributed by atoms with Gasteiger partial charge in [0, 0.05) is 50.3 Å². The first-order chi connectivity index (χ1) is 45.7. The number of hydrogen-bond donors (Lipinski definition) is 5. The number of carbonyl (C=O) groups excluding carboxylic acids is 1. The third kappa shape index (κ3) is 20.5. The van der Waals surface area contributed by atoms with Crippen LogP contribution in [-0.4, -0.2) is 75.5 Å². The third-order valence-electron chi connectivity index (χ3n) is 14.2. The van der Waals surface area contributed by atoms with Crippen LogP contribution in [0, 0.1) is 64.9 Å². The van der Waals surface area contributed by atoms with Gasteiger partial charge in [0.1, 0.15) is 33.2 Å². The smallest absolute Gasteiger partial charge is 0.338 e. The number of benzene rings is 6. The number of amides is 1. The molecule has 516 valence electrons. The summed E-state index contributed by atoms with van der Waals surface area (Å²) < 4.78 is 113. The molecule has 17 nitrogen and oxygen atoms in total. The van der Waals surface area contributed by atoms with E-state index in [1.165, 1.54) is 55.0 Å².